The van der Waals surface area contributed by atoms with E-state index in [0.717, 1.165) is 51.6 Å². The van der Waals surface area contributed by atoms with Crippen LogP contribution in [0.25, 0.3) is 0 Å². The molecular formula is C14H23N3O. The summed E-state index contributed by atoms with van der Waals surface area (Å²) in [5.41, 5.74) is 7.95. The first-order valence-corrected chi connectivity index (χ1v) is 6.70. The minimum atomic E-state index is 0.857. The summed E-state index contributed by atoms with van der Waals surface area (Å²) >= 11 is 0. The van der Waals surface area contributed by atoms with E-state index in [1.807, 2.05) is 18.2 Å². The van der Waals surface area contributed by atoms with E-state index in [9.17, 15) is 0 Å². The predicted octanol–water partition coefficient (Wildman–Crippen LogP) is 1.08. The summed E-state index contributed by atoms with van der Waals surface area (Å²) in [6.07, 6.45) is 1.17. The Bertz CT molecular complexity index is 351. The van der Waals surface area contributed by atoms with Gasteiger partial charge in [-0.05, 0) is 31.1 Å². The molecule has 0 aliphatic carbocycles. The molecule has 0 bridgehead atoms. The molecule has 18 heavy (non-hydrogen) atoms. The number of hydrogen-bond donors (Lipinski definition) is 2. The summed E-state index contributed by atoms with van der Waals surface area (Å²) in [5, 5.41) is 3.44. The van der Waals surface area contributed by atoms with Crippen LogP contribution in [0, 0.1) is 0 Å². The van der Waals surface area contributed by atoms with Gasteiger partial charge in [-0.1, -0.05) is 18.2 Å². The molecule has 1 aromatic rings. The van der Waals surface area contributed by atoms with Crippen molar-refractivity contribution >= 4 is 5.69 Å². The molecule has 1 heterocycles. The summed E-state index contributed by atoms with van der Waals surface area (Å²) < 4.78 is 5.33. The first-order valence-electron chi connectivity index (χ1n) is 6.70. The third-order valence-corrected chi connectivity index (χ3v) is 3.30. The van der Waals surface area contributed by atoms with Gasteiger partial charge in [-0.25, -0.2) is 0 Å². The van der Waals surface area contributed by atoms with Gasteiger partial charge >= 0.3 is 0 Å². The van der Waals surface area contributed by atoms with Crippen molar-refractivity contribution in [1.29, 1.82) is 0 Å². The molecule has 0 atom stereocenters. The van der Waals surface area contributed by atoms with Gasteiger partial charge in [0.15, 0.2) is 0 Å². The summed E-state index contributed by atoms with van der Waals surface area (Å²) in [6, 6.07) is 8.02. The Morgan fingerprint density at radius 1 is 1.22 bits per heavy atom. The zero-order valence-electron chi connectivity index (χ0n) is 10.9. The molecule has 1 aliphatic rings. The molecule has 4 nitrogen and oxygen atoms in total. The molecule has 100 valence electrons. The van der Waals surface area contributed by atoms with Gasteiger partial charge in [-0.15, -0.1) is 0 Å². The number of hydrogen-bond acceptors (Lipinski definition) is 4. The molecular weight excluding hydrogens is 226 g/mol. The molecule has 0 aromatic heterocycles. The van der Waals surface area contributed by atoms with Crippen molar-refractivity contribution in [3.8, 4) is 0 Å². The van der Waals surface area contributed by atoms with E-state index in [2.05, 4.69) is 16.3 Å². The Morgan fingerprint density at radius 2 is 2.00 bits per heavy atom. The Kier molecular flexibility index (Phi) is 5.45. The summed E-state index contributed by atoms with van der Waals surface area (Å²) in [5.74, 6) is 0. The molecule has 1 saturated heterocycles. The average molecular weight is 249 g/mol. The lowest BCUT2D eigenvalue weighted by Crippen LogP contribution is -2.37. The third-order valence-electron chi connectivity index (χ3n) is 3.30. The van der Waals surface area contributed by atoms with Crippen molar-refractivity contribution in [3.05, 3.63) is 29.8 Å². The fourth-order valence-corrected chi connectivity index (χ4v) is 2.17. The van der Waals surface area contributed by atoms with Crippen molar-refractivity contribution in [2.24, 2.45) is 0 Å². The van der Waals surface area contributed by atoms with Gasteiger partial charge in [0.1, 0.15) is 0 Å². The van der Waals surface area contributed by atoms with Gasteiger partial charge in [0.2, 0.25) is 0 Å². The number of nitrogens with one attached hydrogen (secondary N) is 1. The van der Waals surface area contributed by atoms with Crippen LogP contribution in [0.3, 0.4) is 0 Å². The van der Waals surface area contributed by atoms with E-state index in [-0.39, 0.29) is 0 Å². The highest BCUT2D eigenvalue weighted by atomic mass is 16.5. The topological polar surface area (TPSA) is 50.5 Å². The minimum absolute atomic E-state index is 0.857. The summed E-state index contributed by atoms with van der Waals surface area (Å²) in [7, 11) is 0. The zero-order valence-corrected chi connectivity index (χ0v) is 10.9. The van der Waals surface area contributed by atoms with Crippen LogP contribution in [0.2, 0.25) is 0 Å². The van der Waals surface area contributed by atoms with Crippen LogP contribution in [0.15, 0.2) is 24.3 Å². The van der Waals surface area contributed by atoms with Gasteiger partial charge in [0.05, 0.1) is 13.2 Å². The monoisotopic (exact) mass is 249 g/mol. The van der Waals surface area contributed by atoms with Crippen LogP contribution in [0.1, 0.15) is 12.0 Å². The van der Waals surface area contributed by atoms with Crippen LogP contribution in [0.4, 0.5) is 5.69 Å². The Hall–Kier alpha value is -1.10. The molecule has 1 aliphatic heterocycles. The standard InChI is InChI=1S/C14H23N3O/c15-14-5-2-1-4-13(14)12-16-6-3-7-17-8-10-18-11-9-17/h1-2,4-5,16H,3,6-12,15H2. The van der Waals surface area contributed by atoms with Gasteiger partial charge in [0.25, 0.3) is 0 Å². The lowest BCUT2D eigenvalue weighted by Gasteiger charge is -2.26. The number of rotatable bonds is 6. The molecule has 1 aromatic carbocycles. The van der Waals surface area contributed by atoms with E-state index >= 15 is 0 Å². The van der Waals surface area contributed by atoms with Gasteiger partial charge in [-0.3, -0.25) is 4.90 Å². The van der Waals surface area contributed by atoms with E-state index in [1.165, 1.54) is 12.0 Å². The second-order valence-corrected chi connectivity index (χ2v) is 4.68. The van der Waals surface area contributed by atoms with E-state index in [4.69, 9.17) is 10.5 Å². The first kappa shape index (κ1) is 13.3. The number of nitrogen functional groups attached to an aromatic ring is 1. The average Bonchev–Trinajstić information content (AvgIpc) is 2.42. The smallest absolute Gasteiger partial charge is 0.0594 e. The number of nitrogens with zero attached hydrogens (tertiary/aromatic N) is 1. The molecule has 4 heteroatoms. The SMILES string of the molecule is Nc1ccccc1CNCCCN1CCOCC1. The first-order chi connectivity index (χ1) is 8.86. The van der Waals surface area contributed by atoms with Crippen molar-refractivity contribution < 1.29 is 4.74 Å². The minimum Gasteiger partial charge on any atom is -0.398 e. The summed E-state index contributed by atoms with van der Waals surface area (Å²) in [6.45, 7) is 6.96. The van der Waals surface area contributed by atoms with E-state index < -0.39 is 0 Å². The van der Waals surface area contributed by atoms with Crippen molar-refractivity contribution in [1.82, 2.24) is 10.2 Å². The molecule has 0 saturated carbocycles. The molecule has 0 radical (unpaired) electrons. The third kappa shape index (κ3) is 4.29. The zero-order chi connectivity index (χ0) is 12.6. The predicted molar refractivity (Wildman–Crippen MR) is 74.4 cm³/mol. The van der Waals surface area contributed by atoms with Crippen LogP contribution in [-0.2, 0) is 11.3 Å². The van der Waals surface area contributed by atoms with Crippen LogP contribution in [-0.4, -0.2) is 44.3 Å². The normalized spacial score (nSPS) is 16.9. The van der Waals surface area contributed by atoms with Gasteiger partial charge in [0, 0.05) is 25.3 Å². The number of nitrogens with two attached hydrogens (primary N) is 1. The van der Waals surface area contributed by atoms with E-state index in [0.29, 0.717) is 0 Å². The number of ether oxygens (including phenoxy) is 1. The fourth-order valence-electron chi connectivity index (χ4n) is 2.17. The Labute approximate surface area is 109 Å². The van der Waals surface area contributed by atoms with Gasteiger partial charge < -0.3 is 15.8 Å². The highest BCUT2D eigenvalue weighted by Gasteiger charge is 2.08. The van der Waals surface area contributed by atoms with E-state index in [1.54, 1.807) is 0 Å². The second-order valence-electron chi connectivity index (χ2n) is 4.68. The van der Waals surface area contributed by atoms with Crippen molar-refractivity contribution in [2.45, 2.75) is 13.0 Å². The lowest BCUT2D eigenvalue weighted by atomic mass is 10.2. The highest BCUT2D eigenvalue weighted by Crippen LogP contribution is 2.09. The quantitative estimate of drug-likeness (QED) is 0.585. The maximum Gasteiger partial charge on any atom is 0.0594 e. The number of morpholine rings is 1. The van der Waals surface area contributed by atoms with Crippen LogP contribution in [0.5, 0.6) is 0 Å². The molecule has 2 rings (SSSR count). The van der Waals surface area contributed by atoms with Gasteiger partial charge in [-0.2, -0.15) is 0 Å². The molecule has 1 fully saturated rings. The second kappa shape index (κ2) is 7.36. The maximum absolute atomic E-state index is 5.89. The largest absolute Gasteiger partial charge is 0.398 e. The lowest BCUT2D eigenvalue weighted by molar-refractivity contribution is 0.0374. The highest BCUT2D eigenvalue weighted by molar-refractivity contribution is 5.46. The Balaban J connectivity index is 1.57. The molecule has 0 amide bonds. The molecule has 0 unspecified atom stereocenters. The van der Waals surface area contributed by atoms with Crippen molar-refractivity contribution in [3.63, 3.8) is 0 Å². The van der Waals surface area contributed by atoms with Crippen LogP contribution >= 0.6 is 0 Å². The Morgan fingerprint density at radius 3 is 2.78 bits per heavy atom. The number of benzene rings is 1. The van der Waals surface area contributed by atoms with Crippen LogP contribution < -0.4 is 11.1 Å². The number of anilines is 1. The molecule has 0 spiro atoms. The molecule has 3 N–H and O–H groups in total. The van der Waals surface area contributed by atoms with Crippen molar-refractivity contribution in [2.75, 3.05) is 45.1 Å². The maximum atomic E-state index is 5.89. The fraction of sp³-hybridized carbons (Fsp3) is 0.571. The summed E-state index contributed by atoms with van der Waals surface area (Å²) in [4.78, 5) is 2.46. The number of para-hydroxylation sites is 1.